The number of nitrogens with one attached hydrogen (secondary N) is 1. The van der Waals surface area contributed by atoms with Crippen molar-refractivity contribution in [2.24, 2.45) is 0 Å². The Morgan fingerprint density at radius 3 is 1.60 bits per heavy atom. The third kappa shape index (κ3) is 7.50. The number of piperazine rings is 1. The van der Waals surface area contributed by atoms with Crippen LogP contribution in [0.3, 0.4) is 0 Å². The summed E-state index contributed by atoms with van der Waals surface area (Å²) in [5.74, 6) is -0.558. The average molecular weight is 331 g/mol. The monoisotopic (exact) mass is 331 g/mol. The van der Waals surface area contributed by atoms with Gasteiger partial charge in [-0.3, -0.25) is 9.11 Å². The van der Waals surface area contributed by atoms with E-state index in [2.05, 4.69) is 5.32 Å². The van der Waals surface area contributed by atoms with E-state index in [-0.39, 0.29) is 11.5 Å². The van der Waals surface area contributed by atoms with Gasteiger partial charge >= 0.3 is 0 Å². The van der Waals surface area contributed by atoms with Gasteiger partial charge in [-0.25, -0.2) is 0 Å². The van der Waals surface area contributed by atoms with Crippen molar-refractivity contribution >= 4 is 20.2 Å². The molecule has 0 aromatic rings. The molecule has 0 aromatic heterocycles. The minimum Gasteiger partial charge on any atom is -0.321 e. The smallest absolute Gasteiger partial charge is 0.265 e. The summed E-state index contributed by atoms with van der Waals surface area (Å²) in [6.07, 6.45) is 0.676. The van der Waals surface area contributed by atoms with Crippen LogP contribution in [0.15, 0.2) is 0 Å². The highest BCUT2D eigenvalue weighted by Crippen LogP contribution is 2.13. The van der Waals surface area contributed by atoms with Gasteiger partial charge < -0.3 is 9.80 Å². The zero-order valence-corrected chi connectivity index (χ0v) is 13.0. The van der Waals surface area contributed by atoms with Gasteiger partial charge in [0.2, 0.25) is 0 Å². The molecule has 120 valence electrons. The third-order valence-electron chi connectivity index (χ3n) is 3.60. The lowest BCUT2D eigenvalue weighted by atomic mass is 10.2. The first-order chi connectivity index (χ1) is 9.12. The topological polar surface area (TPSA) is 121 Å². The average Bonchev–Trinajstić information content (AvgIpc) is 2.26. The molecular weight excluding hydrogens is 308 g/mol. The van der Waals surface area contributed by atoms with Crippen LogP contribution >= 0.6 is 0 Å². The van der Waals surface area contributed by atoms with Crippen molar-refractivity contribution in [2.75, 3.05) is 50.8 Å². The van der Waals surface area contributed by atoms with E-state index in [1.807, 2.05) is 0 Å². The van der Waals surface area contributed by atoms with Gasteiger partial charge in [-0.05, 0) is 0 Å². The van der Waals surface area contributed by atoms with Gasteiger partial charge in [0.15, 0.2) is 0 Å². The van der Waals surface area contributed by atoms with E-state index in [0.717, 1.165) is 26.2 Å². The van der Waals surface area contributed by atoms with Gasteiger partial charge in [0.1, 0.15) is 0 Å². The maximum Gasteiger partial charge on any atom is 0.265 e. The standard InChI is InChI=1S/C10H22N2O6S2/c13-19(14,15)9-1-5-12(7-3-11-4-8-12)6-2-10-20(16,17)18/h11H,1-10H2,(H-,13,14,15,16,17,18)/p+1. The van der Waals surface area contributed by atoms with E-state index in [1.165, 1.54) is 0 Å². The summed E-state index contributed by atoms with van der Waals surface area (Å²) >= 11 is 0. The third-order valence-corrected chi connectivity index (χ3v) is 5.20. The van der Waals surface area contributed by atoms with Crippen molar-refractivity contribution in [1.82, 2.24) is 5.32 Å². The molecule has 1 aliphatic rings. The van der Waals surface area contributed by atoms with E-state index in [1.54, 1.807) is 0 Å². The molecule has 10 heteroatoms. The molecule has 20 heavy (non-hydrogen) atoms. The Bertz CT molecular complexity index is 456. The Labute approximate surface area is 120 Å². The van der Waals surface area contributed by atoms with Crippen molar-refractivity contribution in [3.63, 3.8) is 0 Å². The van der Waals surface area contributed by atoms with E-state index >= 15 is 0 Å². The van der Waals surface area contributed by atoms with Crippen molar-refractivity contribution in [2.45, 2.75) is 12.8 Å². The van der Waals surface area contributed by atoms with Gasteiger partial charge in [0.05, 0.1) is 37.7 Å². The molecule has 0 amide bonds. The zero-order chi connectivity index (χ0) is 15.3. The highest BCUT2D eigenvalue weighted by molar-refractivity contribution is 7.86. The quantitative estimate of drug-likeness (QED) is 0.384. The predicted molar refractivity (Wildman–Crippen MR) is 74.7 cm³/mol. The molecule has 0 bridgehead atoms. The molecule has 0 aliphatic carbocycles. The predicted octanol–water partition coefficient (Wildman–Crippen LogP) is -1.04. The molecule has 1 fully saturated rings. The van der Waals surface area contributed by atoms with Gasteiger partial charge in [0.25, 0.3) is 20.2 Å². The molecule has 1 saturated heterocycles. The highest BCUT2D eigenvalue weighted by Gasteiger charge is 2.29. The van der Waals surface area contributed by atoms with Crippen LogP contribution in [0.25, 0.3) is 0 Å². The largest absolute Gasteiger partial charge is 0.321 e. The second kappa shape index (κ2) is 7.14. The van der Waals surface area contributed by atoms with E-state index in [9.17, 15) is 16.8 Å². The van der Waals surface area contributed by atoms with Crippen LogP contribution < -0.4 is 5.32 Å². The first-order valence-corrected chi connectivity index (χ1v) is 9.80. The molecule has 0 radical (unpaired) electrons. The van der Waals surface area contributed by atoms with Crippen molar-refractivity contribution < 1.29 is 30.4 Å². The van der Waals surface area contributed by atoms with E-state index < -0.39 is 20.2 Å². The number of hydrogen-bond donors (Lipinski definition) is 3. The zero-order valence-electron chi connectivity index (χ0n) is 11.4. The molecule has 0 atom stereocenters. The van der Waals surface area contributed by atoms with Crippen LogP contribution in [0.5, 0.6) is 0 Å². The number of quaternary nitrogens is 1. The van der Waals surface area contributed by atoms with Crippen LogP contribution in [0, 0.1) is 0 Å². The van der Waals surface area contributed by atoms with Gasteiger partial charge in [-0.15, -0.1) is 0 Å². The molecule has 0 aromatic carbocycles. The maximum absolute atomic E-state index is 10.7. The molecule has 0 unspecified atom stereocenters. The first kappa shape index (κ1) is 17.8. The normalized spacial score (nSPS) is 19.9. The molecule has 1 rings (SSSR count). The fourth-order valence-corrected chi connectivity index (χ4v) is 3.58. The fourth-order valence-electron chi connectivity index (χ4n) is 2.59. The Morgan fingerprint density at radius 1 is 0.850 bits per heavy atom. The Morgan fingerprint density at radius 2 is 1.25 bits per heavy atom. The molecule has 0 saturated carbocycles. The number of hydrogen-bond acceptors (Lipinski definition) is 5. The summed E-state index contributed by atoms with van der Waals surface area (Å²) in [5, 5.41) is 3.20. The van der Waals surface area contributed by atoms with Crippen LogP contribution in [0.2, 0.25) is 0 Å². The van der Waals surface area contributed by atoms with Crippen molar-refractivity contribution in [3.8, 4) is 0 Å². The summed E-state index contributed by atoms with van der Waals surface area (Å²) in [6, 6.07) is 0. The fraction of sp³-hybridized carbons (Fsp3) is 1.00. The van der Waals surface area contributed by atoms with Crippen molar-refractivity contribution in [3.05, 3.63) is 0 Å². The minimum absolute atomic E-state index is 0.279. The summed E-state index contributed by atoms with van der Waals surface area (Å²) in [7, 11) is -7.91. The lowest BCUT2D eigenvalue weighted by molar-refractivity contribution is -0.929. The lowest BCUT2D eigenvalue weighted by Crippen LogP contribution is -2.59. The van der Waals surface area contributed by atoms with Crippen LogP contribution in [-0.2, 0) is 20.2 Å². The van der Waals surface area contributed by atoms with E-state index in [0.29, 0.717) is 30.4 Å². The molecule has 3 N–H and O–H groups in total. The van der Waals surface area contributed by atoms with Crippen LogP contribution in [0.1, 0.15) is 12.8 Å². The summed E-state index contributed by atoms with van der Waals surface area (Å²) in [6.45, 7) is 4.31. The van der Waals surface area contributed by atoms with Crippen LogP contribution in [-0.4, -0.2) is 81.2 Å². The van der Waals surface area contributed by atoms with E-state index in [4.69, 9.17) is 9.11 Å². The summed E-state index contributed by atoms with van der Waals surface area (Å²) in [5.41, 5.74) is 0. The second-order valence-electron chi connectivity index (χ2n) is 5.27. The molecule has 0 spiro atoms. The SMILES string of the molecule is O=S(=O)(O)CCC[N+]1(CCCS(=O)(=O)O)CCNCC1. The Hall–Kier alpha value is -0.260. The molecule has 1 aliphatic heterocycles. The molecular formula is C10H23N2O6S2+. The summed E-state index contributed by atoms with van der Waals surface area (Å²) < 4.78 is 61.1. The highest BCUT2D eigenvalue weighted by atomic mass is 32.2. The molecule has 1 heterocycles. The van der Waals surface area contributed by atoms with Crippen molar-refractivity contribution in [1.29, 1.82) is 0 Å². The number of nitrogens with zero attached hydrogens (tertiary/aromatic N) is 1. The maximum atomic E-state index is 10.7. The lowest BCUT2D eigenvalue weighted by Gasteiger charge is -2.42. The molecule has 8 nitrogen and oxygen atoms in total. The minimum atomic E-state index is -3.96. The van der Waals surface area contributed by atoms with Crippen LogP contribution in [0.4, 0.5) is 0 Å². The van der Waals surface area contributed by atoms with Gasteiger partial charge in [-0.2, -0.15) is 16.8 Å². The summed E-state index contributed by atoms with van der Waals surface area (Å²) in [4.78, 5) is 0. The Kier molecular flexibility index (Phi) is 6.35. The second-order valence-corrected chi connectivity index (χ2v) is 8.41. The van der Waals surface area contributed by atoms with Gasteiger partial charge in [0, 0.05) is 25.9 Å². The first-order valence-electron chi connectivity index (χ1n) is 6.58. The van der Waals surface area contributed by atoms with Gasteiger partial charge in [-0.1, -0.05) is 0 Å². The number of rotatable bonds is 8. The Balaban J connectivity index is 2.52.